The van der Waals surface area contributed by atoms with E-state index >= 15 is 0 Å². The molecule has 1 aliphatic heterocycles. The molecule has 0 N–H and O–H groups in total. The molecule has 0 saturated carbocycles. The van der Waals surface area contributed by atoms with Gasteiger partial charge in [0.15, 0.2) is 0 Å². The first kappa shape index (κ1) is 13.2. The van der Waals surface area contributed by atoms with Gasteiger partial charge in [-0.1, -0.05) is 60.7 Å². The molecule has 1 aliphatic rings. The molecule has 1 heterocycles. The molecule has 0 radical (unpaired) electrons. The first-order valence-corrected chi connectivity index (χ1v) is 7.68. The second-order valence-corrected chi connectivity index (χ2v) is 6.40. The van der Waals surface area contributed by atoms with Crippen LogP contribution in [0.3, 0.4) is 0 Å². The molecule has 0 amide bonds. The zero-order chi connectivity index (χ0) is 13.9. The van der Waals surface area contributed by atoms with Gasteiger partial charge in [0, 0.05) is 5.57 Å². The van der Waals surface area contributed by atoms with Crippen molar-refractivity contribution in [2.45, 2.75) is 0 Å². The van der Waals surface area contributed by atoms with E-state index in [0.29, 0.717) is 0 Å². The quantitative estimate of drug-likeness (QED) is 0.787. The summed E-state index contributed by atoms with van der Waals surface area (Å²) in [6, 6.07) is 19.7. The molecular weight excluding hydrogens is 288 g/mol. The molecule has 2 aromatic carbocycles. The number of thioether (sulfide) groups is 2. The highest BCUT2D eigenvalue weighted by Gasteiger charge is 2.31. The largest absolute Gasteiger partial charge is 0.277 e. The third-order valence-corrected chi connectivity index (χ3v) is 5.02. The summed E-state index contributed by atoms with van der Waals surface area (Å²) in [4.78, 5) is 23.0. The summed E-state index contributed by atoms with van der Waals surface area (Å²) in [5.74, 6) is 0. The van der Waals surface area contributed by atoms with Gasteiger partial charge in [-0.25, -0.2) is 0 Å². The van der Waals surface area contributed by atoms with Crippen molar-refractivity contribution in [3.8, 4) is 0 Å². The molecule has 2 aromatic rings. The Labute approximate surface area is 125 Å². The minimum absolute atomic E-state index is 0.394. The molecule has 20 heavy (non-hydrogen) atoms. The van der Waals surface area contributed by atoms with E-state index < -0.39 is 10.2 Å². The zero-order valence-electron chi connectivity index (χ0n) is 10.4. The SMILES string of the molecule is O=C1SC(=C(c2ccccc2)c2ccccc2)SC1=O. The highest BCUT2D eigenvalue weighted by Crippen LogP contribution is 2.45. The predicted octanol–water partition coefficient (Wildman–Crippen LogP) is 3.94. The van der Waals surface area contributed by atoms with Crippen LogP contribution in [0, 0.1) is 0 Å². The van der Waals surface area contributed by atoms with Crippen LogP contribution < -0.4 is 0 Å². The Hall–Kier alpha value is -1.78. The molecule has 0 bridgehead atoms. The Kier molecular flexibility index (Phi) is 3.76. The van der Waals surface area contributed by atoms with E-state index in [4.69, 9.17) is 0 Å². The topological polar surface area (TPSA) is 34.1 Å². The van der Waals surface area contributed by atoms with E-state index in [9.17, 15) is 9.59 Å². The summed E-state index contributed by atoms with van der Waals surface area (Å²) < 4.78 is 0.761. The Morgan fingerprint density at radius 3 is 1.45 bits per heavy atom. The summed E-state index contributed by atoms with van der Waals surface area (Å²) in [5.41, 5.74) is 2.97. The normalized spacial score (nSPS) is 14.7. The van der Waals surface area contributed by atoms with Crippen LogP contribution in [0.4, 0.5) is 0 Å². The monoisotopic (exact) mass is 298 g/mol. The van der Waals surface area contributed by atoms with Gasteiger partial charge in [0.1, 0.15) is 0 Å². The number of carbonyl (C=O) groups excluding carboxylic acids is 2. The van der Waals surface area contributed by atoms with Crippen molar-refractivity contribution in [1.82, 2.24) is 0 Å². The highest BCUT2D eigenvalue weighted by molar-refractivity contribution is 8.43. The van der Waals surface area contributed by atoms with Crippen LogP contribution in [0.5, 0.6) is 0 Å². The van der Waals surface area contributed by atoms with Gasteiger partial charge in [0.05, 0.1) is 4.24 Å². The number of benzene rings is 2. The lowest BCUT2D eigenvalue weighted by atomic mass is 10.00. The second-order valence-electron chi connectivity index (χ2n) is 4.17. The van der Waals surface area contributed by atoms with Crippen LogP contribution in [-0.2, 0) is 9.59 Å². The maximum absolute atomic E-state index is 11.5. The zero-order valence-corrected chi connectivity index (χ0v) is 12.0. The third kappa shape index (κ3) is 2.57. The third-order valence-electron chi connectivity index (χ3n) is 2.87. The molecule has 4 heteroatoms. The van der Waals surface area contributed by atoms with E-state index in [1.807, 2.05) is 60.7 Å². The van der Waals surface area contributed by atoms with Crippen molar-refractivity contribution in [2.24, 2.45) is 0 Å². The van der Waals surface area contributed by atoms with Crippen molar-refractivity contribution in [3.05, 3.63) is 76.0 Å². The van der Waals surface area contributed by atoms with Crippen molar-refractivity contribution >= 4 is 39.3 Å². The molecule has 0 atom stereocenters. The standard InChI is InChI=1S/C16H10O2S2/c17-14-15(18)20-16(19-14)13(11-7-3-1-4-8-11)12-9-5-2-6-10-12/h1-10H. The lowest BCUT2D eigenvalue weighted by molar-refractivity contribution is -0.126. The van der Waals surface area contributed by atoms with Gasteiger partial charge in [-0.3, -0.25) is 9.59 Å². The summed E-state index contributed by atoms with van der Waals surface area (Å²) in [6.07, 6.45) is 0. The van der Waals surface area contributed by atoms with Crippen LogP contribution in [0.15, 0.2) is 64.9 Å². The Morgan fingerprint density at radius 1 is 0.650 bits per heavy atom. The van der Waals surface area contributed by atoms with Crippen molar-refractivity contribution < 1.29 is 9.59 Å². The van der Waals surface area contributed by atoms with Gasteiger partial charge in [0.25, 0.3) is 10.2 Å². The fourth-order valence-corrected chi connectivity index (χ4v) is 4.04. The van der Waals surface area contributed by atoms with Crippen LogP contribution >= 0.6 is 23.5 Å². The Bertz CT molecular complexity index is 631. The average Bonchev–Trinajstić information content (AvgIpc) is 2.81. The van der Waals surface area contributed by atoms with Crippen molar-refractivity contribution in [1.29, 1.82) is 0 Å². The number of carbonyl (C=O) groups is 2. The van der Waals surface area contributed by atoms with E-state index in [2.05, 4.69) is 0 Å². The predicted molar refractivity (Wildman–Crippen MR) is 84.1 cm³/mol. The molecule has 1 saturated heterocycles. The van der Waals surface area contributed by atoms with E-state index in [1.54, 1.807) is 0 Å². The van der Waals surface area contributed by atoms with E-state index in [-0.39, 0.29) is 0 Å². The van der Waals surface area contributed by atoms with Gasteiger partial charge in [0.2, 0.25) is 0 Å². The Morgan fingerprint density at radius 2 is 1.05 bits per heavy atom. The molecule has 0 spiro atoms. The van der Waals surface area contributed by atoms with Gasteiger partial charge >= 0.3 is 0 Å². The second kappa shape index (κ2) is 5.69. The van der Waals surface area contributed by atoms with Gasteiger partial charge in [-0.05, 0) is 34.7 Å². The maximum atomic E-state index is 11.5. The first-order valence-electron chi connectivity index (χ1n) is 6.05. The lowest BCUT2D eigenvalue weighted by Crippen LogP contribution is -1.94. The number of hydrogen-bond acceptors (Lipinski definition) is 4. The fraction of sp³-hybridized carbons (Fsp3) is 0. The van der Waals surface area contributed by atoms with E-state index in [1.165, 1.54) is 0 Å². The van der Waals surface area contributed by atoms with Crippen molar-refractivity contribution in [3.63, 3.8) is 0 Å². The lowest BCUT2D eigenvalue weighted by Gasteiger charge is -2.10. The van der Waals surface area contributed by atoms with E-state index in [0.717, 1.165) is 44.5 Å². The van der Waals surface area contributed by atoms with Gasteiger partial charge in [-0.2, -0.15) is 0 Å². The van der Waals surface area contributed by atoms with Crippen LogP contribution in [0.1, 0.15) is 11.1 Å². The smallest absolute Gasteiger partial charge is 0.271 e. The number of hydrogen-bond donors (Lipinski definition) is 0. The summed E-state index contributed by atoms with van der Waals surface area (Å²) in [6.45, 7) is 0. The first-order chi connectivity index (χ1) is 9.75. The van der Waals surface area contributed by atoms with Gasteiger partial charge in [-0.15, -0.1) is 0 Å². The molecule has 98 valence electrons. The molecule has 3 rings (SSSR count). The molecule has 2 nitrogen and oxygen atoms in total. The fourth-order valence-electron chi connectivity index (χ4n) is 1.99. The Balaban J connectivity index is 2.18. The molecular formula is C16H10O2S2. The summed E-state index contributed by atoms with van der Waals surface area (Å²) in [7, 11) is 0. The van der Waals surface area contributed by atoms with Crippen LogP contribution in [0.2, 0.25) is 0 Å². The maximum Gasteiger partial charge on any atom is 0.271 e. The molecule has 0 aliphatic carbocycles. The highest BCUT2D eigenvalue weighted by atomic mass is 32.2. The average molecular weight is 298 g/mol. The molecule has 0 unspecified atom stereocenters. The number of rotatable bonds is 2. The van der Waals surface area contributed by atoms with Crippen molar-refractivity contribution in [2.75, 3.05) is 0 Å². The molecule has 0 aromatic heterocycles. The minimum Gasteiger partial charge on any atom is -0.277 e. The minimum atomic E-state index is -0.394. The van der Waals surface area contributed by atoms with Crippen LogP contribution in [-0.4, -0.2) is 10.2 Å². The molecule has 1 fully saturated rings. The van der Waals surface area contributed by atoms with Crippen LogP contribution in [0.25, 0.3) is 5.57 Å². The summed E-state index contributed by atoms with van der Waals surface area (Å²) in [5, 5.41) is -0.788. The van der Waals surface area contributed by atoms with Gasteiger partial charge < -0.3 is 0 Å². The summed E-state index contributed by atoms with van der Waals surface area (Å²) >= 11 is 2.05.